The minimum absolute atomic E-state index is 0.234. The molecule has 0 aromatic carbocycles. The molecule has 3 amide bonds. The van der Waals surface area contributed by atoms with Gasteiger partial charge >= 0.3 is 0 Å². The van der Waals surface area contributed by atoms with Crippen molar-refractivity contribution in [1.82, 2.24) is 4.90 Å². The molecule has 1 aliphatic rings. The van der Waals surface area contributed by atoms with Gasteiger partial charge in [0, 0.05) is 12.2 Å². The highest BCUT2D eigenvalue weighted by molar-refractivity contribution is 6.15. The number of nitrogens with zero attached hydrogens (tertiary/aromatic N) is 1. The van der Waals surface area contributed by atoms with Crippen molar-refractivity contribution in [1.29, 1.82) is 0 Å². The van der Waals surface area contributed by atoms with Crippen LogP contribution < -0.4 is 5.73 Å². The standard InChI is InChI=1S/C10H14N2O3/c1-6(2)10(3,9(11)15)12-7(13)4-5-8(12)14/h4-6H,1-3H3,(H2,11,15). The maximum absolute atomic E-state index is 11.5. The van der Waals surface area contributed by atoms with Crippen LogP contribution in [0.25, 0.3) is 0 Å². The van der Waals surface area contributed by atoms with Crippen LogP contribution in [0.4, 0.5) is 0 Å². The number of primary amides is 1. The third-order valence-corrected chi connectivity index (χ3v) is 2.90. The number of hydrogen-bond donors (Lipinski definition) is 1. The zero-order valence-electron chi connectivity index (χ0n) is 8.98. The predicted molar refractivity (Wildman–Crippen MR) is 53.4 cm³/mol. The van der Waals surface area contributed by atoms with E-state index in [4.69, 9.17) is 5.73 Å². The lowest BCUT2D eigenvalue weighted by Gasteiger charge is -2.37. The maximum Gasteiger partial charge on any atom is 0.254 e. The minimum atomic E-state index is -1.27. The molecule has 0 saturated heterocycles. The monoisotopic (exact) mass is 210 g/mol. The number of amides is 3. The molecule has 1 rings (SSSR count). The molecule has 0 radical (unpaired) electrons. The number of carbonyl (C=O) groups is 3. The van der Waals surface area contributed by atoms with Crippen molar-refractivity contribution in [3.05, 3.63) is 12.2 Å². The van der Waals surface area contributed by atoms with Crippen molar-refractivity contribution in [2.45, 2.75) is 26.3 Å². The summed E-state index contributed by atoms with van der Waals surface area (Å²) in [5, 5.41) is 0. The molecule has 5 heteroatoms. The van der Waals surface area contributed by atoms with Gasteiger partial charge in [-0.2, -0.15) is 0 Å². The first-order valence-electron chi connectivity index (χ1n) is 4.68. The van der Waals surface area contributed by atoms with Crippen LogP contribution in [0, 0.1) is 5.92 Å². The molecule has 2 N–H and O–H groups in total. The Morgan fingerprint density at radius 3 is 2.00 bits per heavy atom. The molecule has 0 aromatic heterocycles. The van der Waals surface area contributed by atoms with Gasteiger partial charge < -0.3 is 5.73 Å². The lowest BCUT2D eigenvalue weighted by Crippen LogP contribution is -2.60. The highest BCUT2D eigenvalue weighted by atomic mass is 16.2. The second-order valence-corrected chi connectivity index (χ2v) is 4.01. The smallest absolute Gasteiger partial charge is 0.254 e. The SMILES string of the molecule is CC(C)C(C)(C(N)=O)N1C(=O)C=CC1=O. The number of rotatable bonds is 3. The molecule has 1 aliphatic heterocycles. The van der Waals surface area contributed by atoms with Crippen LogP contribution in [-0.2, 0) is 14.4 Å². The summed E-state index contributed by atoms with van der Waals surface area (Å²) >= 11 is 0. The van der Waals surface area contributed by atoms with Gasteiger partial charge in [-0.25, -0.2) is 0 Å². The van der Waals surface area contributed by atoms with Crippen molar-refractivity contribution < 1.29 is 14.4 Å². The Hall–Kier alpha value is -1.65. The fourth-order valence-corrected chi connectivity index (χ4v) is 1.51. The van der Waals surface area contributed by atoms with Gasteiger partial charge in [-0.1, -0.05) is 13.8 Å². The van der Waals surface area contributed by atoms with E-state index in [-0.39, 0.29) is 5.92 Å². The Morgan fingerprint density at radius 2 is 1.73 bits per heavy atom. The van der Waals surface area contributed by atoms with Crippen molar-refractivity contribution in [3.63, 3.8) is 0 Å². The minimum Gasteiger partial charge on any atom is -0.368 e. The number of nitrogens with two attached hydrogens (primary N) is 1. The zero-order valence-corrected chi connectivity index (χ0v) is 8.98. The summed E-state index contributed by atoms with van der Waals surface area (Å²) in [6.45, 7) is 4.98. The Kier molecular flexibility index (Phi) is 2.66. The summed E-state index contributed by atoms with van der Waals surface area (Å²) in [5.74, 6) is -1.89. The molecule has 1 atom stereocenters. The van der Waals surface area contributed by atoms with Crippen LogP contribution in [0.1, 0.15) is 20.8 Å². The molecule has 0 saturated carbocycles. The van der Waals surface area contributed by atoms with E-state index < -0.39 is 23.3 Å². The molecule has 0 aromatic rings. The first kappa shape index (κ1) is 11.4. The summed E-state index contributed by atoms with van der Waals surface area (Å²) in [5.41, 5.74) is 4.00. The summed E-state index contributed by atoms with van der Waals surface area (Å²) in [6.07, 6.45) is 2.29. The highest BCUT2D eigenvalue weighted by Gasteiger charge is 2.47. The van der Waals surface area contributed by atoms with E-state index in [2.05, 4.69) is 0 Å². The quantitative estimate of drug-likeness (QED) is 0.656. The highest BCUT2D eigenvalue weighted by Crippen LogP contribution is 2.27. The molecule has 1 heterocycles. The molecule has 0 bridgehead atoms. The van der Waals surface area contributed by atoms with Gasteiger partial charge in [0.25, 0.3) is 11.8 Å². The predicted octanol–water partition coefficient (Wildman–Crippen LogP) is -0.189. The van der Waals surface area contributed by atoms with E-state index in [9.17, 15) is 14.4 Å². The third-order valence-electron chi connectivity index (χ3n) is 2.90. The summed E-state index contributed by atoms with van der Waals surface area (Å²) in [7, 11) is 0. The summed E-state index contributed by atoms with van der Waals surface area (Å²) in [6, 6.07) is 0. The van der Waals surface area contributed by atoms with Gasteiger partial charge in [0.1, 0.15) is 5.54 Å². The maximum atomic E-state index is 11.5. The van der Waals surface area contributed by atoms with E-state index in [1.54, 1.807) is 13.8 Å². The molecule has 0 spiro atoms. The lowest BCUT2D eigenvalue weighted by atomic mass is 9.86. The van der Waals surface area contributed by atoms with Crippen molar-refractivity contribution in [3.8, 4) is 0 Å². The molecule has 1 unspecified atom stereocenters. The Labute approximate surface area is 87.9 Å². The zero-order chi connectivity index (χ0) is 11.8. The molecule has 0 aliphatic carbocycles. The fraction of sp³-hybridized carbons (Fsp3) is 0.500. The Morgan fingerprint density at radius 1 is 1.33 bits per heavy atom. The van der Waals surface area contributed by atoms with E-state index >= 15 is 0 Å². The normalized spacial score (nSPS) is 19.9. The molecule has 5 nitrogen and oxygen atoms in total. The molecule has 82 valence electrons. The second-order valence-electron chi connectivity index (χ2n) is 4.01. The number of hydrogen-bond acceptors (Lipinski definition) is 3. The lowest BCUT2D eigenvalue weighted by molar-refractivity contribution is -0.153. The van der Waals surface area contributed by atoms with Gasteiger partial charge in [0.2, 0.25) is 5.91 Å². The Bertz CT molecular complexity index is 342. The topological polar surface area (TPSA) is 80.5 Å². The largest absolute Gasteiger partial charge is 0.368 e. The summed E-state index contributed by atoms with van der Waals surface area (Å²) < 4.78 is 0. The van der Waals surface area contributed by atoms with Crippen LogP contribution in [0.5, 0.6) is 0 Å². The van der Waals surface area contributed by atoms with E-state index in [1.165, 1.54) is 6.92 Å². The molecule has 15 heavy (non-hydrogen) atoms. The van der Waals surface area contributed by atoms with E-state index in [1.807, 2.05) is 0 Å². The van der Waals surface area contributed by atoms with Gasteiger partial charge in [0.05, 0.1) is 0 Å². The molecular weight excluding hydrogens is 196 g/mol. The molecular formula is C10H14N2O3. The number of imide groups is 1. The average Bonchev–Trinajstić information content (AvgIpc) is 2.44. The first-order valence-corrected chi connectivity index (χ1v) is 4.68. The van der Waals surface area contributed by atoms with Crippen LogP contribution in [0.3, 0.4) is 0 Å². The van der Waals surface area contributed by atoms with Crippen molar-refractivity contribution in [2.75, 3.05) is 0 Å². The molecule has 0 fully saturated rings. The van der Waals surface area contributed by atoms with Gasteiger partial charge in [0.15, 0.2) is 0 Å². The van der Waals surface area contributed by atoms with Crippen LogP contribution in [-0.4, -0.2) is 28.2 Å². The van der Waals surface area contributed by atoms with Crippen molar-refractivity contribution >= 4 is 17.7 Å². The van der Waals surface area contributed by atoms with E-state index in [0.717, 1.165) is 17.1 Å². The van der Waals surface area contributed by atoms with Gasteiger partial charge in [-0.05, 0) is 12.8 Å². The van der Waals surface area contributed by atoms with Crippen molar-refractivity contribution in [2.24, 2.45) is 11.7 Å². The first-order chi connectivity index (χ1) is 6.81. The average molecular weight is 210 g/mol. The second kappa shape index (κ2) is 3.49. The van der Waals surface area contributed by atoms with Gasteiger partial charge in [-0.3, -0.25) is 19.3 Å². The van der Waals surface area contributed by atoms with Crippen LogP contribution >= 0.6 is 0 Å². The number of carbonyl (C=O) groups excluding carboxylic acids is 3. The van der Waals surface area contributed by atoms with Crippen LogP contribution in [0.15, 0.2) is 12.2 Å². The van der Waals surface area contributed by atoms with E-state index in [0.29, 0.717) is 0 Å². The fourth-order valence-electron chi connectivity index (χ4n) is 1.51. The third kappa shape index (κ3) is 1.54. The summed E-state index contributed by atoms with van der Waals surface area (Å²) in [4.78, 5) is 35.2. The van der Waals surface area contributed by atoms with Crippen LogP contribution in [0.2, 0.25) is 0 Å². The Balaban J connectivity index is 3.17. The van der Waals surface area contributed by atoms with Gasteiger partial charge in [-0.15, -0.1) is 0 Å².